The van der Waals surface area contributed by atoms with Crippen LogP contribution in [0.3, 0.4) is 0 Å². The van der Waals surface area contributed by atoms with Gasteiger partial charge in [0.15, 0.2) is 28.8 Å². The van der Waals surface area contributed by atoms with E-state index in [2.05, 4.69) is 6.58 Å². The van der Waals surface area contributed by atoms with E-state index in [1.807, 2.05) is 40.7 Å². The fourth-order valence-electron chi connectivity index (χ4n) is 7.26. The van der Waals surface area contributed by atoms with Crippen LogP contribution in [0.1, 0.15) is 100.0 Å². The lowest BCUT2D eigenvalue weighted by Crippen LogP contribution is -2.70. The highest BCUT2D eigenvalue weighted by Gasteiger charge is 2.74. The quantitative estimate of drug-likeness (QED) is 0.0438. The summed E-state index contributed by atoms with van der Waals surface area (Å²) in [5.74, 6) is -4.66. The molecule has 5 N–H and O–H groups in total. The third kappa shape index (κ3) is 6.39. The summed E-state index contributed by atoms with van der Waals surface area (Å²) in [5.41, 5.74) is -4.07. The van der Waals surface area contributed by atoms with Crippen molar-refractivity contribution in [2.24, 2.45) is 28.1 Å². The number of hydrogen-bond donors (Lipinski definition) is 5. The summed E-state index contributed by atoms with van der Waals surface area (Å²) in [6, 6.07) is 3.51. The topological polar surface area (TPSA) is 152 Å². The van der Waals surface area contributed by atoms with Crippen LogP contribution < -0.4 is 0 Å². The van der Waals surface area contributed by atoms with Gasteiger partial charge in [0.2, 0.25) is 0 Å². The predicted molar refractivity (Wildman–Crippen MR) is 179 cm³/mol. The molecular formula is C38H52O8. The molecule has 8 nitrogen and oxygen atoms in total. The van der Waals surface area contributed by atoms with Gasteiger partial charge in [-0.2, -0.15) is 0 Å². The molecule has 0 heterocycles. The van der Waals surface area contributed by atoms with Crippen molar-refractivity contribution in [1.29, 1.82) is 0 Å². The van der Waals surface area contributed by atoms with Gasteiger partial charge < -0.3 is 25.5 Å². The number of ketones is 3. The Kier molecular flexibility index (Phi) is 10.4. The van der Waals surface area contributed by atoms with E-state index in [9.17, 15) is 35.1 Å². The van der Waals surface area contributed by atoms with Crippen molar-refractivity contribution in [3.63, 3.8) is 0 Å². The van der Waals surface area contributed by atoms with Crippen LogP contribution >= 0.6 is 0 Å². The van der Waals surface area contributed by atoms with Crippen LogP contribution in [0.5, 0.6) is 11.5 Å². The standard InChI is InChI=1S/C38H52O8/c1-21(2)11-12-25(23(5)6)19-37-20-26(18-29(41)36(9,10)46)35(7,8)38(34(37)45,16-15-22(3)4)33(44)30(32(37)43)31(42)24-13-14-27(39)28(40)17-24/h11,13-15,17,25-26,29,39-42,46H,5,12,16,18-20H2,1-4,6-10H3/b31-30-/t25-,26-,29+,37+,38+/m1/s1. The van der Waals surface area contributed by atoms with Crippen molar-refractivity contribution >= 4 is 23.1 Å². The third-order valence-electron chi connectivity index (χ3n) is 10.5. The first-order valence-electron chi connectivity index (χ1n) is 16.0. The fourth-order valence-corrected chi connectivity index (χ4v) is 7.26. The number of aliphatic hydroxyl groups excluding tert-OH is 2. The average Bonchev–Trinajstić information content (AvgIpc) is 2.93. The van der Waals surface area contributed by atoms with Crippen LogP contribution in [0.2, 0.25) is 0 Å². The first kappa shape index (κ1) is 37.0. The van der Waals surface area contributed by atoms with Gasteiger partial charge in [-0.05, 0) is 116 Å². The molecule has 2 aliphatic carbocycles. The van der Waals surface area contributed by atoms with Crippen molar-refractivity contribution < 1.29 is 39.9 Å². The number of phenols is 2. The summed E-state index contributed by atoms with van der Waals surface area (Å²) in [6.07, 6.45) is 3.14. The highest BCUT2D eigenvalue weighted by molar-refractivity contribution is 6.41. The summed E-state index contributed by atoms with van der Waals surface area (Å²) in [6.45, 7) is 20.2. The van der Waals surface area contributed by atoms with E-state index in [0.717, 1.165) is 28.9 Å². The second kappa shape index (κ2) is 13.0. The minimum absolute atomic E-state index is 0.00906. The number of aromatic hydroxyl groups is 2. The van der Waals surface area contributed by atoms with Crippen molar-refractivity contribution in [1.82, 2.24) is 0 Å². The molecule has 0 saturated heterocycles. The lowest BCUT2D eigenvalue weighted by atomic mass is 9.38. The number of benzene rings is 1. The molecule has 252 valence electrons. The second-order valence-electron chi connectivity index (χ2n) is 15.2. The number of aliphatic hydroxyl groups is 3. The number of phenolic OH excluding ortho intramolecular Hbond substituents is 2. The van der Waals surface area contributed by atoms with Crippen LogP contribution in [0.4, 0.5) is 0 Å². The minimum atomic E-state index is -1.81. The molecule has 0 radical (unpaired) electrons. The van der Waals surface area contributed by atoms with Gasteiger partial charge in [-0.25, -0.2) is 0 Å². The van der Waals surface area contributed by atoms with Crippen molar-refractivity contribution in [3.05, 3.63) is 64.8 Å². The van der Waals surface area contributed by atoms with Crippen LogP contribution in [-0.2, 0) is 14.4 Å². The van der Waals surface area contributed by atoms with Gasteiger partial charge in [0.1, 0.15) is 16.7 Å². The van der Waals surface area contributed by atoms with Crippen LogP contribution in [-0.4, -0.2) is 54.6 Å². The summed E-state index contributed by atoms with van der Waals surface area (Å²) in [7, 11) is 0. The normalized spacial score (nSPS) is 26.7. The van der Waals surface area contributed by atoms with Gasteiger partial charge >= 0.3 is 0 Å². The molecule has 46 heavy (non-hydrogen) atoms. The number of Topliss-reactive ketones (excluding diaryl/α,β-unsaturated/α-hetero) is 3. The number of fused-ring (bicyclic) bond motifs is 2. The molecule has 0 amide bonds. The van der Waals surface area contributed by atoms with E-state index < -0.39 is 74.0 Å². The van der Waals surface area contributed by atoms with E-state index in [1.165, 1.54) is 19.9 Å². The molecule has 8 heteroatoms. The van der Waals surface area contributed by atoms with Gasteiger partial charge in [0.05, 0.1) is 17.1 Å². The van der Waals surface area contributed by atoms with Gasteiger partial charge in [-0.3, -0.25) is 14.4 Å². The third-order valence-corrected chi connectivity index (χ3v) is 10.5. The smallest absolute Gasteiger partial charge is 0.184 e. The molecule has 0 aliphatic heterocycles. The molecule has 1 aromatic rings. The van der Waals surface area contributed by atoms with E-state index >= 15 is 4.79 Å². The monoisotopic (exact) mass is 636 g/mol. The Morgan fingerprint density at radius 1 is 1.00 bits per heavy atom. The van der Waals surface area contributed by atoms with Crippen molar-refractivity contribution in [2.45, 2.75) is 106 Å². The summed E-state index contributed by atoms with van der Waals surface area (Å²) in [5, 5.41) is 53.6. The number of carbonyl (C=O) groups is 3. The van der Waals surface area contributed by atoms with Crippen molar-refractivity contribution in [2.75, 3.05) is 0 Å². The Labute approximate surface area is 273 Å². The lowest BCUT2D eigenvalue weighted by molar-refractivity contribution is -0.180. The zero-order chi connectivity index (χ0) is 35.2. The van der Waals surface area contributed by atoms with E-state index in [4.69, 9.17) is 0 Å². The zero-order valence-electron chi connectivity index (χ0n) is 28.8. The highest BCUT2D eigenvalue weighted by Crippen LogP contribution is 2.66. The predicted octanol–water partition coefficient (Wildman–Crippen LogP) is 6.92. The van der Waals surface area contributed by atoms with Crippen LogP contribution in [0.15, 0.2) is 59.2 Å². The molecule has 5 atom stereocenters. The second-order valence-corrected chi connectivity index (χ2v) is 15.2. The molecule has 0 unspecified atom stereocenters. The maximum absolute atomic E-state index is 15.2. The first-order valence-corrected chi connectivity index (χ1v) is 16.0. The summed E-state index contributed by atoms with van der Waals surface area (Å²) in [4.78, 5) is 45.1. The Bertz CT molecular complexity index is 1510. The molecule has 1 aromatic carbocycles. The number of allylic oxidation sites excluding steroid dienone is 6. The lowest BCUT2D eigenvalue weighted by Gasteiger charge is -2.61. The summed E-state index contributed by atoms with van der Waals surface area (Å²) < 4.78 is 0. The zero-order valence-corrected chi connectivity index (χ0v) is 28.8. The number of carbonyl (C=O) groups excluding carboxylic acids is 3. The van der Waals surface area contributed by atoms with E-state index in [0.29, 0.717) is 6.42 Å². The van der Waals surface area contributed by atoms with E-state index in [1.54, 1.807) is 19.9 Å². The molecule has 2 saturated carbocycles. The fraction of sp³-hybridized carbons (Fsp3) is 0.553. The molecule has 3 rings (SSSR count). The molecule has 2 fully saturated rings. The number of rotatable bonds is 11. The SMILES string of the molecule is C=C(C)[C@H](CC=C(C)C)C[C@]12C[C@@H](C[C@H](O)C(C)(C)O)C(C)(C)[C@@](CC=C(C)C)(C(=O)/C(=C(\O)c3ccc(O)c(O)c3)C1=O)C2=O. The van der Waals surface area contributed by atoms with Crippen molar-refractivity contribution in [3.8, 4) is 11.5 Å². The van der Waals surface area contributed by atoms with Gasteiger partial charge in [-0.1, -0.05) is 49.3 Å². The largest absolute Gasteiger partial charge is 0.506 e. The van der Waals surface area contributed by atoms with Crippen LogP contribution in [0.25, 0.3) is 5.76 Å². The van der Waals surface area contributed by atoms with Gasteiger partial charge in [-0.15, -0.1) is 0 Å². The van der Waals surface area contributed by atoms with Crippen LogP contribution in [0, 0.1) is 28.1 Å². The van der Waals surface area contributed by atoms with Gasteiger partial charge in [0, 0.05) is 5.56 Å². The minimum Gasteiger partial charge on any atom is -0.506 e. The van der Waals surface area contributed by atoms with Gasteiger partial charge in [0.25, 0.3) is 0 Å². The molecule has 0 spiro atoms. The highest BCUT2D eigenvalue weighted by atomic mass is 16.3. The molecular weight excluding hydrogens is 584 g/mol. The first-order chi connectivity index (χ1) is 21.0. The van der Waals surface area contributed by atoms with E-state index in [-0.39, 0.29) is 37.2 Å². The molecule has 0 aromatic heterocycles. The maximum Gasteiger partial charge on any atom is 0.184 e. The summed E-state index contributed by atoms with van der Waals surface area (Å²) >= 11 is 0. The Morgan fingerprint density at radius 3 is 2.09 bits per heavy atom. The Hall–Kier alpha value is -3.49. The molecule has 2 aliphatic rings. The average molecular weight is 637 g/mol. The Balaban J connectivity index is 2.47. The maximum atomic E-state index is 15.2. The Morgan fingerprint density at radius 2 is 1.59 bits per heavy atom. The number of hydrogen-bond acceptors (Lipinski definition) is 8. The molecule has 2 bridgehead atoms.